The van der Waals surface area contributed by atoms with Gasteiger partial charge in [-0.15, -0.1) is 0 Å². The average Bonchev–Trinajstić information content (AvgIpc) is 2.57. The lowest BCUT2D eigenvalue weighted by atomic mass is 9.68. The standard InChI is InChI=1S/C20H26O6/c1-3-19(10-24-11-19)9-16(20(4-2)12-25-13-20)26-18(23)15-7-5-6-14(8-15)17(21)22/h5-8,16H,3-4,9-13H2,1-2H3,(H,21,22). The van der Waals surface area contributed by atoms with Gasteiger partial charge in [-0.3, -0.25) is 0 Å². The fraction of sp³-hybridized carbons (Fsp3) is 0.600. The van der Waals surface area contributed by atoms with Crippen LogP contribution < -0.4 is 0 Å². The van der Waals surface area contributed by atoms with Crippen LogP contribution in [0.1, 0.15) is 53.8 Å². The molecule has 0 amide bonds. The van der Waals surface area contributed by atoms with Crippen LogP contribution in [0.15, 0.2) is 24.3 Å². The summed E-state index contributed by atoms with van der Waals surface area (Å²) in [4.78, 5) is 23.9. The van der Waals surface area contributed by atoms with E-state index in [1.165, 1.54) is 12.1 Å². The van der Waals surface area contributed by atoms with Crippen molar-refractivity contribution in [2.24, 2.45) is 10.8 Å². The van der Waals surface area contributed by atoms with Gasteiger partial charge < -0.3 is 19.3 Å². The average molecular weight is 362 g/mol. The van der Waals surface area contributed by atoms with Crippen molar-refractivity contribution in [1.29, 1.82) is 0 Å². The maximum Gasteiger partial charge on any atom is 0.338 e. The number of esters is 1. The molecule has 6 nitrogen and oxygen atoms in total. The van der Waals surface area contributed by atoms with Gasteiger partial charge >= 0.3 is 11.9 Å². The summed E-state index contributed by atoms with van der Waals surface area (Å²) >= 11 is 0. The molecule has 0 aromatic heterocycles. The minimum Gasteiger partial charge on any atom is -0.478 e. The molecule has 1 aromatic carbocycles. The predicted molar refractivity (Wildman–Crippen MR) is 94.3 cm³/mol. The normalized spacial score (nSPS) is 21.2. The highest BCUT2D eigenvalue weighted by Crippen LogP contribution is 2.45. The molecule has 1 aromatic rings. The summed E-state index contributed by atoms with van der Waals surface area (Å²) in [5, 5.41) is 9.13. The number of rotatable bonds is 8. The summed E-state index contributed by atoms with van der Waals surface area (Å²) in [7, 11) is 0. The van der Waals surface area contributed by atoms with Gasteiger partial charge in [-0.05, 0) is 37.5 Å². The zero-order valence-electron chi connectivity index (χ0n) is 15.3. The van der Waals surface area contributed by atoms with Crippen molar-refractivity contribution in [3.63, 3.8) is 0 Å². The van der Waals surface area contributed by atoms with Crippen LogP contribution in [-0.4, -0.2) is 49.6 Å². The van der Waals surface area contributed by atoms with Crippen molar-refractivity contribution in [2.45, 2.75) is 39.2 Å². The number of ether oxygens (including phenoxy) is 3. The highest BCUT2D eigenvalue weighted by Gasteiger charge is 2.51. The van der Waals surface area contributed by atoms with Crippen molar-refractivity contribution in [3.8, 4) is 0 Å². The van der Waals surface area contributed by atoms with Crippen LogP contribution in [0.3, 0.4) is 0 Å². The van der Waals surface area contributed by atoms with Gasteiger partial charge in [0, 0.05) is 5.41 Å². The van der Waals surface area contributed by atoms with E-state index in [4.69, 9.17) is 19.3 Å². The maximum atomic E-state index is 12.7. The zero-order valence-corrected chi connectivity index (χ0v) is 15.3. The number of carboxylic acid groups (broad SMARTS) is 1. The largest absolute Gasteiger partial charge is 0.478 e. The molecule has 3 rings (SSSR count). The van der Waals surface area contributed by atoms with Gasteiger partial charge in [-0.1, -0.05) is 19.9 Å². The molecule has 0 aliphatic carbocycles. The van der Waals surface area contributed by atoms with E-state index in [0.29, 0.717) is 26.4 Å². The summed E-state index contributed by atoms with van der Waals surface area (Å²) in [5.74, 6) is -1.55. The van der Waals surface area contributed by atoms with E-state index in [-0.39, 0.29) is 28.1 Å². The second-order valence-electron chi connectivity index (χ2n) is 7.54. The van der Waals surface area contributed by atoms with Gasteiger partial charge in [0.2, 0.25) is 0 Å². The SMILES string of the molecule is CCC1(CC(OC(=O)c2cccc(C(=O)O)c2)C2(CC)COC2)COC1. The van der Waals surface area contributed by atoms with Crippen molar-refractivity contribution < 1.29 is 28.9 Å². The van der Waals surface area contributed by atoms with Gasteiger partial charge in [-0.25, -0.2) is 9.59 Å². The van der Waals surface area contributed by atoms with E-state index < -0.39 is 11.9 Å². The molecule has 2 fully saturated rings. The first kappa shape index (κ1) is 18.9. The number of carbonyl (C=O) groups is 2. The Morgan fingerprint density at radius 2 is 1.77 bits per heavy atom. The summed E-state index contributed by atoms with van der Waals surface area (Å²) in [5.41, 5.74) is 0.214. The van der Waals surface area contributed by atoms with Crippen molar-refractivity contribution in [3.05, 3.63) is 35.4 Å². The van der Waals surface area contributed by atoms with Crippen molar-refractivity contribution in [2.75, 3.05) is 26.4 Å². The molecule has 1 unspecified atom stereocenters. The van der Waals surface area contributed by atoms with Crippen molar-refractivity contribution in [1.82, 2.24) is 0 Å². The van der Waals surface area contributed by atoms with Crippen LogP contribution in [0.2, 0.25) is 0 Å². The molecular formula is C20H26O6. The van der Waals surface area contributed by atoms with Crippen molar-refractivity contribution >= 4 is 11.9 Å². The van der Waals surface area contributed by atoms with Crippen LogP contribution in [0.4, 0.5) is 0 Å². The Hall–Kier alpha value is -1.92. The molecule has 0 spiro atoms. The molecule has 2 saturated heterocycles. The molecule has 26 heavy (non-hydrogen) atoms. The van der Waals surface area contributed by atoms with Gasteiger partial charge in [-0.2, -0.15) is 0 Å². The summed E-state index contributed by atoms with van der Waals surface area (Å²) in [6.45, 7) is 6.76. The highest BCUT2D eigenvalue weighted by molar-refractivity contribution is 5.94. The fourth-order valence-corrected chi connectivity index (χ4v) is 3.59. The Kier molecular flexibility index (Phi) is 5.34. The fourth-order valence-electron chi connectivity index (χ4n) is 3.59. The Labute approximate surface area is 153 Å². The molecule has 6 heteroatoms. The topological polar surface area (TPSA) is 82.1 Å². The summed E-state index contributed by atoms with van der Waals surface area (Å²) < 4.78 is 16.8. The highest BCUT2D eigenvalue weighted by atomic mass is 16.6. The number of hydrogen-bond donors (Lipinski definition) is 1. The third-order valence-electron chi connectivity index (χ3n) is 5.95. The molecular weight excluding hydrogens is 336 g/mol. The van der Waals surface area contributed by atoms with Crippen LogP contribution in [0.25, 0.3) is 0 Å². The summed E-state index contributed by atoms with van der Waals surface area (Å²) in [6, 6.07) is 5.97. The molecule has 0 bridgehead atoms. The number of aromatic carboxylic acids is 1. The molecule has 142 valence electrons. The minimum atomic E-state index is -1.06. The van der Waals surface area contributed by atoms with Gasteiger partial charge in [0.1, 0.15) is 6.10 Å². The number of carboxylic acids is 1. The molecule has 2 heterocycles. The van der Waals surface area contributed by atoms with E-state index >= 15 is 0 Å². The number of hydrogen-bond acceptors (Lipinski definition) is 5. The predicted octanol–water partition coefficient (Wildman–Crippen LogP) is 3.15. The Bertz CT molecular complexity index is 664. The lowest BCUT2D eigenvalue weighted by Crippen LogP contribution is -2.56. The smallest absolute Gasteiger partial charge is 0.338 e. The molecule has 2 aliphatic rings. The lowest BCUT2D eigenvalue weighted by Gasteiger charge is -2.50. The van der Waals surface area contributed by atoms with Crippen LogP contribution in [-0.2, 0) is 14.2 Å². The first-order valence-corrected chi connectivity index (χ1v) is 9.13. The van der Waals surface area contributed by atoms with Crippen LogP contribution >= 0.6 is 0 Å². The molecule has 0 radical (unpaired) electrons. The van der Waals surface area contributed by atoms with E-state index in [1.807, 2.05) is 0 Å². The quantitative estimate of drug-likeness (QED) is 0.716. The van der Waals surface area contributed by atoms with E-state index in [9.17, 15) is 9.59 Å². The summed E-state index contributed by atoms with van der Waals surface area (Å²) in [6.07, 6.45) is 2.30. The molecule has 1 atom stereocenters. The molecule has 0 saturated carbocycles. The van der Waals surface area contributed by atoms with Crippen LogP contribution in [0, 0.1) is 10.8 Å². The first-order valence-electron chi connectivity index (χ1n) is 9.13. The third kappa shape index (κ3) is 3.48. The van der Waals surface area contributed by atoms with Gasteiger partial charge in [0.05, 0.1) is 43.0 Å². The third-order valence-corrected chi connectivity index (χ3v) is 5.95. The van der Waals surface area contributed by atoms with Gasteiger partial charge in [0.25, 0.3) is 0 Å². The first-order chi connectivity index (χ1) is 12.4. The monoisotopic (exact) mass is 362 g/mol. The minimum absolute atomic E-state index is 0.0472. The number of benzene rings is 1. The van der Waals surface area contributed by atoms with Gasteiger partial charge in [0.15, 0.2) is 0 Å². The molecule has 1 N–H and O–H groups in total. The zero-order chi connectivity index (χ0) is 18.8. The second kappa shape index (κ2) is 7.37. The maximum absolute atomic E-state index is 12.7. The second-order valence-corrected chi connectivity index (χ2v) is 7.54. The van der Waals surface area contributed by atoms with E-state index in [0.717, 1.165) is 19.3 Å². The molecule has 2 aliphatic heterocycles. The Morgan fingerprint density at radius 1 is 1.12 bits per heavy atom. The number of carbonyl (C=O) groups excluding carboxylic acids is 1. The van der Waals surface area contributed by atoms with Crippen LogP contribution in [0.5, 0.6) is 0 Å². The van der Waals surface area contributed by atoms with E-state index in [1.54, 1.807) is 12.1 Å². The Balaban J connectivity index is 1.80. The lowest BCUT2D eigenvalue weighted by molar-refractivity contribution is -0.204. The Morgan fingerprint density at radius 3 is 2.23 bits per heavy atom. The van der Waals surface area contributed by atoms with E-state index in [2.05, 4.69) is 13.8 Å².